The Balaban J connectivity index is 1.69. The molecule has 23 heavy (non-hydrogen) atoms. The van der Waals surface area contributed by atoms with Gasteiger partial charge in [0, 0.05) is 20.5 Å². The van der Waals surface area contributed by atoms with E-state index in [0.29, 0.717) is 0 Å². The van der Waals surface area contributed by atoms with Crippen molar-refractivity contribution in [2.45, 2.75) is 16.7 Å². The van der Waals surface area contributed by atoms with Gasteiger partial charge in [0.15, 0.2) is 0 Å². The molecule has 3 aromatic carbocycles. The average Bonchev–Trinajstić information content (AvgIpc) is 2.58. The van der Waals surface area contributed by atoms with Crippen LogP contribution in [0.4, 0.5) is 5.69 Å². The minimum Gasteiger partial charge on any atom is -0.255 e. The average molecular weight is 382 g/mol. The van der Waals surface area contributed by atoms with Gasteiger partial charge in [0.25, 0.3) is 0 Å². The predicted molar refractivity (Wildman–Crippen MR) is 103 cm³/mol. The van der Waals surface area contributed by atoms with Gasteiger partial charge in [-0.25, -0.2) is 0 Å². The Bertz CT molecular complexity index is 808. The van der Waals surface area contributed by atoms with Crippen molar-refractivity contribution in [2.75, 3.05) is 0 Å². The Labute approximate surface area is 149 Å². The van der Waals surface area contributed by atoms with Gasteiger partial charge in [-0.15, -0.1) is 0 Å². The minimum absolute atomic E-state index is 0.936. The van der Waals surface area contributed by atoms with Crippen molar-refractivity contribution >= 4 is 39.6 Å². The monoisotopic (exact) mass is 381 g/mol. The highest BCUT2D eigenvalue weighted by Gasteiger charge is 1.98. The third-order valence-electron chi connectivity index (χ3n) is 3.34. The SMILES string of the molecule is Cc1ccc(Sc2ccc(C=Nc3ccccc3Br)cc2)cc1. The molecule has 0 saturated heterocycles. The fourth-order valence-electron chi connectivity index (χ4n) is 2.06. The molecular formula is C20H16BrNS. The fraction of sp³-hybridized carbons (Fsp3) is 0.0500. The van der Waals surface area contributed by atoms with E-state index >= 15 is 0 Å². The van der Waals surface area contributed by atoms with E-state index in [9.17, 15) is 0 Å². The van der Waals surface area contributed by atoms with Crippen molar-refractivity contribution in [3.8, 4) is 0 Å². The quantitative estimate of drug-likeness (QED) is 0.460. The summed E-state index contributed by atoms with van der Waals surface area (Å²) in [5.74, 6) is 0. The smallest absolute Gasteiger partial charge is 0.0771 e. The summed E-state index contributed by atoms with van der Waals surface area (Å²) in [6.07, 6.45) is 1.89. The molecule has 0 radical (unpaired) electrons. The van der Waals surface area contributed by atoms with E-state index in [2.05, 4.69) is 76.4 Å². The maximum absolute atomic E-state index is 4.52. The molecule has 0 unspecified atom stereocenters. The van der Waals surface area contributed by atoms with E-state index < -0.39 is 0 Å². The zero-order valence-electron chi connectivity index (χ0n) is 12.7. The van der Waals surface area contributed by atoms with Crippen molar-refractivity contribution in [3.05, 3.63) is 88.4 Å². The van der Waals surface area contributed by atoms with Gasteiger partial charge in [-0.1, -0.05) is 53.7 Å². The molecule has 0 N–H and O–H groups in total. The summed E-state index contributed by atoms with van der Waals surface area (Å²) >= 11 is 5.28. The summed E-state index contributed by atoms with van der Waals surface area (Å²) in [4.78, 5) is 7.00. The van der Waals surface area contributed by atoms with Crippen LogP contribution in [0.15, 0.2) is 92.1 Å². The highest BCUT2D eigenvalue weighted by atomic mass is 79.9. The summed E-state index contributed by atoms with van der Waals surface area (Å²) < 4.78 is 1.00. The second-order valence-corrected chi connectivity index (χ2v) is 7.20. The molecular weight excluding hydrogens is 366 g/mol. The number of benzene rings is 3. The molecule has 0 aliphatic rings. The number of rotatable bonds is 4. The number of hydrogen-bond acceptors (Lipinski definition) is 2. The Morgan fingerprint density at radius 2 is 1.43 bits per heavy atom. The lowest BCUT2D eigenvalue weighted by atomic mass is 10.2. The molecule has 0 spiro atoms. The first-order valence-electron chi connectivity index (χ1n) is 7.34. The van der Waals surface area contributed by atoms with Crippen LogP contribution < -0.4 is 0 Å². The molecule has 0 heterocycles. The molecule has 0 amide bonds. The Kier molecular flexibility index (Phi) is 5.31. The lowest BCUT2D eigenvalue weighted by molar-refractivity contribution is 1.36. The second kappa shape index (κ2) is 7.62. The fourth-order valence-corrected chi connectivity index (χ4v) is 3.27. The first kappa shape index (κ1) is 16.0. The molecule has 0 atom stereocenters. The van der Waals surface area contributed by atoms with E-state index in [4.69, 9.17) is 0 Å². The third-order valence-corrected chi connectivity index (χ3v) is 5.03. The van der Waals surface area contributed by atoms with Crippen LogP contribution in [-0.4, -0.2) is 6.21 Å². The second-order valence-electron chi connectivity index (χ2n) is 5.19. The Morgan fingerprint density at radius 1 is 0.826 bits per heavy atom. The summed E-state index contributed by atoms with van der Waals surface area (Å²) in [5.41, 5.74) is 3.31. The van der Waals surface area contributed by atoms with Gasteiger partial charge < -0.3 is 0 Å². The zero-order chi connectivity index (χ0) is 16.1. The number of aryl methyl sites for hydroxylation is 1. The third kappa shape index (κ3) is 4.57. The number of aliphatic imine (C=N–C) groups is 1. The zero-order valence-corrected chi connectivity index (χ0v) is 15.1. The molecule has 0 aliphatic heterocycles. The van der Waals surface area contributed by atoms with Gasteiger partial charge in [-0.05, 0) is 64.8 Å². The van der Waals surface area contributed by atoms with Gasteiger partial charge in [-0.3, -0.25) is 4.99 Å². The van der Waals surface area contributed by atoms with Gasteiger partial charge in [0.05, 0.1) is 5.69 Å². The summed E-state index contributed by atoms with van der Waals surface area (Å²) in [6, 6.07) is 25.0. The predicted octanol–water partition coefficient (Wildman–Crippen LogP) is 6.66. The van der Waals surface area contributed by atoms with Crippen molar-refractivity contribution in [3.63, 3.8) is 0 Å². The number of hydrogen-bond donors (Lipinski definition) is 0. The van der Waals surface area contributed by atoms with E-state index in [0.717, 1.165) is 15.7 Å². The van der Waals surface area contributed by atoms with Crippen LogP contribution in [0.1, 0.15) is 11.1 Å². The number of halogens is 1. The molecule has 114 valence electrons. The standard InChI is InChI=1S/C20H16BrNS/c1-15-6-10-17(11-7-15)23-18-12-8-16(9-13-18)14-22-20-5-3-2-4-19(20)21/h2-14H,1H3. The Morgan fingerprint density at radius 3 is 2.09 bits per heavy atom. The number of nitrogens with zero attached hydrogens (tertiary/aromatic N) is 1. The van der Waals surface area contributed by atoms with Gasteiger partial charge in [0.2, 0.25) is 0 Å². The van der Waals surface area contributed by atoms with E-state index in [1.54, 1.807) is 11.8 Å². The lowest BCUT2D eigenvalue weighted by Gasteiger charge is -2.03. The lowest BCUT2D eigenvalue weighted by Crippen LogP contribution is -1.81. The van der Waals surface area contributed by atoms with Crippen molar-refractivity contribution in [1.29, 1.82) is 0 Å². The molecule has 0 aromatic heterocycles. The molecule has 3 rings (SSSR count). The maximum atomic E-state index is 4.52. The highest BCUT2D eigenvalue weighted by molar-refractivity contribution is 9.10. The van der Waals surface area contributed by atoms with Crippen molar-refractivity contribution in [2.24, 2.45) is 4.99 Å². The summed E-state index contributed by atoms with van der Waals surface area (Å²) in [5, 5.41) is 0. The minimum atomic E-state index is 0.936. The molecule has 0 aliphatic carbocycles. The van der Waals surface area contributed by atoms with Crippen molar-refractivity contribution < 1.29 is 0 Å². The van der Waals surface area contributed by atoms with E-state index in [1.165, 1.54) is 15.4 Å². The molecule has 0 bridgehead atoms. The van der Waals surface area contributed by atoms with E-state index in [-0.39, 0.29) is 0 Å². The van der Waals surface area contributed by atoms with Gasteiger partial charge in [0.1, 0.15) is 0 Å². The van der Waals surface area contributed by atoms with E-state index in [1.807, 2.05) is 30.5 Å². The molecule has 1 nitrogen and oxygen atoms in total. The Hall–Kier alpha value is -1.84. The van der Waals surface area contributed by atoms with Crippen LogP contribution in [0.5, 0.6) is 0 Å². The summed E-state index contributed by atoms with van der Waals surface area (Å²) in [7, 11) is 0. The van der Waals surface area contributed by atoms with Crippen LogP contribution in [0.25, 0.3) is 0 Å². The van der Waals surface area contributed by atoms with Crippen LogP contribution in [-0.2, 0) is 0 Å². The van der Waals surface area contributed by atoms with Gasteiger partial charge >= 0.3 is 0 Å². The van der Waals surface area contributed by atoms with Crippen LogP contribution >= 0.6 is 27.7 Å². The molecule has 0 fully saturated rings. The normalized spacial score (nSPS) is 11.0. The molecule has 3 aromatic rings. The topological polar surface area (TPSA) is 12.4 Å². The largest absolute Gasteiger partial charge is 0.255 e. The first-order chi connectivity index (χ1) is 11.2. The molecule has 0 saturated carbocycles. The van der Waals surface area contributed by atoms with Crippen molar-refractivity contribution in [1.82, 2.24) is 0 Å². The molecule has 3 heteroatoms. The first-order valence-corrected chi connectivity index (χ1v) is 8.95. The summed E-state index contributed by atoms with van der Waals surface area (Å²) in [6.45, 7) is 2.10. The highest BCUT2D eigenvalue weighted by Crippen LogP contribution is 2.28. The van der Waals surface area contributed by atoms with Crippen LogP contribution in [0, 0.1) is 6.92 Å². The van der Waals surface area contributed by atoms with Gasteiger partial charge in [-0.2, -0.15) is 0 Å². The number of para-hydroxylation sites is 1. The van der Waals surface area contributed by atoms with Crippen LogP contribution in [0.3, 0.4) is 0 Å². The maximum Gasteiger partial charge on any atom is 0.0771 e. The van der Waals surface area contributed by atoms with Crippen LogP contribution in [0.2, 0.25) is 0 Å².